The van der Waals surface area contributed by atoms with Crippen molar-refractivity contribution in [3.63, 3.8) is 0 Å². The SMILES string of the molecule is CC.CCC1(C)CCN(C(=O)C(c2cccc(OC)c2)C(F)(F)F)CC1. The summed E-state index contributed by atoms with van der Waals surface area (Å²) in [7, 11) is 1.39. The highest BCUT2D eigenvalue weighted by Crippen LogP contribution is 2.40. The smallest absolute Gasteiger partial charge is 0.404 e. The summed E-state index contributed by atoms with van der Waals surface area (Å²) in [5.74, 6) is -2.70. The number of piperidine rings is 1. The monoisotopic (exact) mass is 373 g/mol. The molecule has 26 heavy (non-hydrogen) atoms. The molecule has 0 radical (unpaired) electrons. The lowest BCUT2D eigenvalue weighted by Crippen LogP contribution is -2.46. The molecule has 1 unspecified atom stereocenters. The molecule has 1 aliphatic heterocycles. The van der Waals surface area contributed by atoms with Gasteiger partial charge in [0.2, 0.25) is 5.91 Å². The Morgan fingerprint density at radius 1 is 1.27 bits per heavy atom. The van der Waals surface area contributed by atoms with Crippen LogP contribution >= 0.6 is 0 Å². The van der Waals surface area contributed by atoms with Gasteiger partial charge in [-0.3, -0.25) is 4.79 Å². The number of likely N-dealkylation sites (tertiary alicyclic amines) is 1. The lowest BCUT2D eigenvalue weighted by molar-refractivity contribution is -0.173. The molecule has 3 nitrogen and oxygen atoms in total. The summed E-state index contributed by atoms with van der Waals surface area (Å²) in [5.41, 5.74) is 0.0381. The van der Waals surface area contributed by atoms with E-state index in [4.69, 9.17) is 4.74 Å². The molecule has 1 atom stereocenters. The molecule has 0 N–H and O–H groups in total. The summed E-state index contributed by atoms with van der Waals surface area (Å²) in [6.07, 6.45) is -2.20. The summed E-state index contributed by atoms with van der Waals surface area (Å²) in [4.78, 5) is 14.0. The van der Waals surface area contributed by atoms with Gasteiger partial charge in [-0.2, -0.15) is 13.2 Å². The molecule has 1 saturated heterocycles. The van der Waals surface area contributed by atoms with Crippen molar-refractivity contribution in [2.75, 3.05) is 20.2 Å². The van der Waals surface area contributed by atoms with E-state index in [1.165, 1.54) is 30.2 Å². The average molecular weight is 373 g/mol. The Hall–Kier alpha value is -1.72. The zero-order valence-electron chi connectivity index (χ0n) is 16.3. The van der Waals surface area contributed by atoms with Crippen LogP contribution in [0.2, 0.25) is 0 Å². The van der Waals surface area contributed by atoms with Crippen molar-refractivity contribution in [1.82, 2.24) is 4.90 Å². The van der Waals surface area contributed by atoms with Gasteiger partial charge in [-0.05, 0) is 36.0 Å². The minimum atomic E-state index is -4.63. The van der Waals surface area contributed by atoms with Crippen molar-refractivity contribution in [3.05, 3.63) is 29.8 Å². The van der Waals surface area contributed by atoms with Crippen molar-refractivity contribution in [2.45, 2.75) is 59.1 Å². The van der Waals surface area contributed by atoms with Crippen molar-refractivity contribution < 1.29 is 22.7 Å². The normalized spacial score (nSPS) is 17.8. The van der Waals surface area contributed by atoms with Crippen LogP contribution in [-0.4, -0.2) is 37.2 Å². The van der Waals surface area contributed by atoms with E-state index in [0.717, 1.165) is 19.3 Å². The third-order valence-corrected chi connectivity index (χ3v) is 5.14. The molecule has 1 fully saturated rings. The fraction of sp³-hybridized carbons (Fsp3) is 0.650. The van der Waals surface area contributed by atoms with Gasteiger partial charge in [-0.15, -0.1) is 0 Å². The van der Waals surface area contributed by atoms with Gasteiger partial charge in [0.25, 0.3) is 0 Å². The Labute approximate surface area is 154 Å². The number of nitrogens with zero attached hydrogens (tertiary/aromatic N) is 1. The minimum Gasteiger partial charge on any atom is -0.497 e. The molecule has 0 aromatic heterocycles. The van der Waals surface area contributed by atoms with Crippen LogP contribution in [0.1, 0.15) is 58.4 Å². The number of carbonyl (C=O) groups is 1. The first-order valence-corrected chi connectivity index (χ1v) is 9.19. The Balaban J connectivity index is 0.00000163. The van der Waals surface area contributed by atoms with E-state index in [-0.39, 0.29) is 11.0 Å². The summed E-state index contributed by atoms with van der Waals surface area (Å²) in [6.45, 7) is 8.95. The average Bonchev–Trinajstić information content (AvgIpc) is 2.63. The maximum atomic E-state index is 13.6. The molecule has 1 aliphatic rings. The molecule has 6 heteroatoms. The Morgan fingerprint density at radius 2 is 1.85 bits per heavy atom. The summed E-state index contributed by atoms with van der Waals surface area (Å²) in [6, 6.07) is 5.66. The zero-order valence-corrected chi connectivity index (χ0v) is 16.3. The van der Waals surface area contributed by atoms with Gasteiger partial charge in [0.1, 0.15) is 5.75 Å². The molecule has 0 bridgehead atoms. The molecule has 1 aromatic carbocycles. The van der Waals surface area contributed by atoms with E-state index >= 15 is 0 Å². The second-order valence-electron chi connectivity index (χ2n) is 6.74. The van der Waals surface area contributed by atoms with E-state index < -0.39 is 18.0 Å². The first kappa shape index (κ1) is 22.3. The van der Waals surface area contributed by atoms with Gasteiger partial charge in [0.05, 0.1) is 7.11 Å². The molecule has 0 aliphatic carbocycles. The molecule has 148 valence electrons. The van der Waals surface area contributed by atoms with Crippen molar-refractivity contribution in [3.8, 4) is 5.75 Å². The largest absolute Gasteiger partial charge is 0.497 e. The number of benzene rings is 1. The number of carbonyl (C=O) groups excluding carboxylic acids is 1. The van der Waals surface area contributed by atoms with Crippen LogP contribution in [0.5, 0.6) is 5.75 Å². The van der Waals surface area contributed by atoms with E-state index in [1.54, 1.807) is 6.07 Å². The van der Waals surface area contributed by atoms with Crippen LogP contribution in [0.4, 0.5) is 13.2 Å². The van der Waals surface area contributed by atoms with Gasteiger partial charge in [0.15, 0.2) is 5.92 Å². The first-order chi connectivity index (χ1) is 12.2. The number of ether oxygens (including phenoxy) is 1. The van der Waals surface area contributed by atoms with Gasteiger partial charge in [-0.25, -0.2) is 0 Å². The topological polar surface area (TPSA) is 29.5 Å². The van der Waals surface area contributed by atoms with Gasteiger partial charge in [-0.1, -0.05) is 46.2 Å². The maximum absolute atomic E-state index is 13.6. The standard InChI is InChI=1S/C18H24F3NO2.C2H6/c1-4-17(2)8-10-22(11-9-17)16(23)15(18(19,20)21)13-6-5-7-14(12-13)24-3;1-2/h5-7,12,15H,4,8-11H2,1-3H3;1-2H3. The first-order valence-electron chi connectivity index (χ1n) is 9.19. The second-order valence-corrected chi connectivity index (χ2v) is 6.74. The minimum absolute atomic E-state index is 0.0734. The predicted molar refractivity (Wildman–Crippen MR) is 97.4 cm³/mol. The second kappa shape index (κ2) is 9.28. The van der Waals surface area contributed by atoms with Crippen LogP contribution in [0.3, 0.4) is 0 Å². The number of hydrogen-bond donors (Lipinski definition) is 0. The van der Waals surface area contributed by atoms with Gasteiger partial charge in [0, 0.05) is 13.1 Å². The summed E-state index contributed by atoms with van der Waals surface area (Å²) >= 11 is 0. The van der Waals surface area contributed by atoms with E-state index in [1.807, 2.05) is 13.8 Å². The van der Waals surface area contributed by atoms with Crippen molar-refractivity contribution in [2.24, 2.45) is 5.41 Å². The maximum Gasteiger partial charge on any atom is 0.404 e. The van der Waals surface area contributed by atoms with Gasteiger partial charge < -0.3 is 9.64 Å². The number of methoxy groups -OCH3 is 1. The summed E-state index contributed by atoms with van der Waals surface area (Å²) in [5, 5.41) is 0. The van der Waals surface area contributed by atoms with Crippen molar-refractivity contribution in [1.29, 1.82) is 0 Å². The fourth-order valence-corrected chi connectivity index (χ4v) is 3.10. The number of rotatable bonds is 4. The molecule has 0 saturated carbocycles. The lowest BCUT2D eigenvalue weighted by atomic mass is 9.78. The highest BCUT2D eigenvalue weighted by Gasteiger charge is 2.48. The predicted octanol–water partition coefficient (Wildman–Crippen LogP) is 5.41. The van der Waals surface area contributed by atoms with Crippen LogP contribution in [0.15, 0.2) is 24.3 Å². The molecule has 0 spiro atoms. The van der Waals surface area contributed by atoms with E-state index in [9.17, 15) is 18.0 Å². The fourth-order valence-electron chi connectivity index (χ4n) is 3.10. The Morgan fingerprint density at radius 3 is 2.31 bits per heavy atom. The molecule has 2 rings (SSSR count). The van der Waals surface area contributed by atoms with Crippen LogP contribution in [0, 0.1) is 5.41 Å². The number of amides is 1. The van der Waals surface area contributed by atoms with Crippen LogP contribution < -0.4 is 4.74 Å². The summed E-state index contributed by atoms with van der Waals surface area (Å²) < 4.78 is 45.7. The third-order valence-electron chi connectivity index (χ3n) is 5.14. The molecule has 1 aromatic rings. The van der Waals surface area contributed by atoms with E-state index in [0.29, 0.717) is 18.8 Å². The molecule has 1 heterocycles. The molecular weight excluding hydrogens is 343 g/mol. The number of alkyl halides is 3. The highest BCUT2D eigenvalue weighted by molar-refractivity contribution is 5.85. The Bertz CT molecular complexity index is 579. The van der Waals surface area contributed by atoms with Crippen LogP contribution in [-0.2, 0) is 4.79 Å². The zero-order chi connectivity index (χ0) is 20.0. The van der Waals surface area contributed by atoms with Crippen LogP contribution in [0.25, 0.3) is 0 Å². The highest BCUT2D eigenvalue weighted by atomic mass is 19.4. The van der Waals surface area contributed by atoms with Gasteiger partial charge >= 0.3 is 6.18 Å². The quantitative estimate of drug-likeness (QED) is 0.707. The number of hydrogen-bond acceptors (Lipinski definition) is 2. The molecular formula is C20H30F3NO2. The molecule has 1 amide bonds. The van der Waals surface area contributed by atoms with E-state index in [2.05, 4.69) is 13.8 Å². The lowest BCUT2D eigenvalue weighted by Gasteiger charge is -2.40. The Kier molecular flexibility index (Phi) is 7.97. The van der Waals surface area contributed by atoms with Crippen molar-refractivity contribution >= 4 is 5.91 Å². The third kappa shape index (κ3) is 5.39. The number of halogens is 3.